The molecule has 1 aromatic rings. The van der Waals surface area contributed by atoms with Crippen LogP contribution in [0.15, 0.2) is 30.3 Å². The first-order valence-electron chi connectivity index (χ1n) is 6.58. The number of rotatable bonds is 4. The van der Waals surface area contributed by atoms with E-state index in [-0.39, 0.29) is 25.3 Å². The number of hydrogen-bond acceptors (Lipinski definition) is 4. The van der Waals surface area contributed by atoms with Gasteiger partial charge < -0.3 is 20.5 Å². The summed E-state index contributed by atoms with van der Waals surface area (Å²) in [6.45, 7) is 1.03. The zero-order chi connectivity index (χ0) is 13.7. The molecule has 1 saturated heterocycles. The van der Waals surface area contributed by atoms with E-state index in [4.69, 9.17) is 10.5 Å². The van der Waals surface area contributed by atoms with Crippen molar-refractivity contribution in [2.24, 2.45) is 5.73 Å². The smallest absolute Gasteiger partial charge is 0.410 e. The van der Waals surface area contributed by atoms with Gasteiger partial charge in [0, 0.05) is 13.1 Å². The number of ether oxygens (including phenoxy) is 1. The number of nitrogens with two attached hydrogens (primary N) is 1. The number of carbonyl (C=O) groups is 1. The fraction of sp³-hybridized carbons (Fsp3) is 0.500. The molecule has 0 bridgehead atoms. The Bertz CT molecular complexity index is 410. The van der Waals surface area contributed by atoms with Gasteiger partial charge in [0.15, 0.2) is 0 Å². The molecule has 1 heterocycles. The Morgan fingerprint density at radius 2 is 2.21 bits per heavy atom. The van der Waals surface area contributed by atoms with Crippen molar-refractivity contribution in [1.29, 1.82) is 0 Å². The number of carbonyl (C=O) groups excluding carboxylic acids is 1. The van der Waals surface area contributed by atoms with Crippen molar-refractivity contribution in [3.05, 3.63) is 35.9 Å². The molecule has 1 aliphatic rings. The SMILES string of the molecule is NCC(O)C1CCCN1C(=O)OCc1ccccc1. The zero-order valence-corrected chi connectivity index (χ0v) is 10.9. The molecule has 19 heavy (non-hydrogen) atoms. The summed E-state index contributed by atoms with van der Waals surface area (Å²) in [5, 5.41) is 9.79. The number of likely N-dealkylation sites (tertiary alicyclic amines) is 1. The summed E-state index contributed by atoms with van der Waals surface area (Å²) in [6, 6.07) is 9.32. The maximum atomic E-state index is 12.0. The summed E-state index contributed by atoms with van der Waals surface area (Å²) in [6.07, 6.45) is 0.603. The van der Waals surface area contributed by atoms with Crippen molar-refractivity contribution < 1.29 is 14.6 Å². The number of hydrogen-bond donors (Lipinski definition) is 2. The molecule has 2 unspecified atom stereocenters. The Kier molecular flexibility index (Phi) is 4.76. The molecular weight excluding hydrogens is 244 g/mol. The highest BCUT2D eigenvalue weighted by atomic mass is 16.6. The van der Waals surface area contributed by atoms with Crippen LogP contribution >= 0.6 is 0 Å². The molecule has 0 aromatic heterocycles. The number of aliphatic hydroxyl groups is 1. The van der Waals surface area contributed by atoms with Crippen LogP contribution in [0.25, 0.3) is 0 Å². The average molecular weight is 264 g/mol. The van der Waals surface area contributed by atoms with Crippen LogP contribution in [-0.4, -0.2) is 41.3 Å². The zero-order valence-electron chi connectivity index (χ0n) is 10.9. The summed E-state index contributed by atoms with van der Waals surface area (Å²) in [5.74, 6) is 0. The molecule has 3 N–H and O–H groups in total. The molecule has 1 aliphatic heterocycles. The fourth-order valence-corrected chi connectivity index (χ4v) is 2.38. The van der Waals surface area contributed by atoms with Crippen molar-refractivity contribution >= 4 is 6.09 Å². The fourth-order valence-electron chi connectivity index (χ4n) is 2.38. The lowest BCUT2D eigenvalue weighted by Crippen LogP contribution is -2.45. The molecular formula is C14H20N2O3. The molecule has 1 aromatic carbocycles. The number of aliphatic hydroxyl groups excluding tert-OH is 1. The predicted molar refractivity (Wildman–Crippen MR) is 71.4 cm³/mol. The Labute approximate surface area is 113 Å². The maximum Gasteiger partial charge on any atom is 0.410 e. The van der Waals surface area contributed by atoms with Gasteiger partial charge in [-0.2, -0.15) is 0 Å². The molecule has 5 heteroatoms. The Morgan fingerprint density at radius 3 is 2.89 bits per heavy atom. The van der Waals surface area contributed by atoms with Gasteiger partial charge in [-0.3, -0.25) is 0 Å². The topological polar surface area (TPSA) is 75.8 Å². The average Bonchev–Trinajstić information content (AvgIpc) is 2.94. The van der Waals surface area contributed by atoms with E-state index in [0.717, 1.165) is 18.4 Å². The Hall–Kier alpha value is -1.59. The van der Waals surface area contributed by atoms with Crippen molar-refractivity contribution in [1.82, 2.24) is 4.90 Å². The van der Waals surface area contributed by atoms with E-state index in [1.807, 2.05) is 30.3 Å². The highest BCUT2D eigenvalue weighted by molar-refractivity contribution is 5.68. The van der Waals surface area contributed by atoms with E-state index >= 15 is 0 Å². The van der Waals surface area contributed by atoms with Crippen LogP contribution in [0.1, 0.15) is 18.4 Å². The van der Waals surface area contributed by atoms with E-state index in [9.17, 15) is 9.90 Å². The van der Waals surface area contributed by atoms with Crippen molar-refractivity contribution in [3.63, 3.8) is 0 Å². The van der Waals surface area contributed by atoms with Gasteiger partial charge in [-0.15, -0.1) is 0 Å². The van der Waals surface area contributed by atoms with Gasteiger partial charge in [0.1, 0.15) is 6.61 Å². The van der Waals surface area contributed by atoms with Crippen LogP contribution in [-0.2, 0) is 11.3 Å². The second kappa shape index (κ2) is 6.54. The highest BCUT2D eigenvalue weighted by Gasteiger charge is 2.34. The minimum absolute atomic E-state index is 0.160. The van der Waals surface area contributed by atoms with Gasteiger partial charge in [-0.05, 0) is 18.4 Å². The molecule has 0 saturated carbocycles. The third kappa shape index (κ3) is 3.45. The molecule has 104 valence electrons. The molecule has 1 amide bonds. The molecule has 0 radical (unpaired) electrons. The van der Waals surface area contributed by atoms with Crippen LogP contribution in [0.5, 0.6) is 0 Å². The summed E-state index contributed by atoms with van der Waals surface area (Å²) >= 11 is 0. The van der Waals surface area contributed by atoms with Crippen LogP contribution in [0.3, 0.4) is 0 Å². The van der Waals surface area contributed by atoms with E-state index in [1.54, 1.807) is 4.90 Å². The third-order valence-electron chi connectivity index (χ3n) is 3.42. The van der Waals surface area contributed by atoms with Crippen LogP contribution in [0.2, 0.25) is 0 Å². The van der Waals surface area contributed by atoms with Gasteiger partial charge in [0.25, 0.3) is 0 Å². The number of amides is 1. The first-order valence-corrected chi connectivity index (χ1v) is 6.58. The summed E-state index contributed by atoms with van der Waals surface area (Å²) in [7, 11) is 0. The first-order chi connectivity index (χ1) is 9.22. The van der Waals surface area contributed by atoms with Gasteiger partial charge in [0.05, 0.1) is 12.1 Å². The van der Waals surface area contributed by atoms with Crippen LogP contribution < -0.4 is 5.73 Å². The Morgan fingerprint density at radius 1 is 1.47 bits per heavy atom. The van der Waals surface area contributed by atoms with Crippen LogP contribution in [0.4, 0.5) is 4.79 Å². The molecule has 1 fully saturated rings. The van der Waals surface area contributed by atoms with Gasteiger partial charge >= 0.3 is 6.09 Å². The monoisotopic (exact) mass is 264 g/mol. The second-order valence-electron chi connectivity index (χ2n) is 4.75. The summed E-state index contributed by atoms with van der Waals surface area (Å²) in [4.78, 5) is 13.6. The summed E-state index contributed by atoms with van der Waals surface area (Å²) < 4.78 is 5.27. The lowest BCUT2D eigenvalue weighted by atomic mass is 10.1. The van der Waals surface area contributed by atoms with Crippen molar-refractivity contribution in [2.75, 3.05) is 13.1 Å². The van der Waals surface area contributed by atoms with E-state index in [1.165, 1.54) is 0 Å². The van der Waals surface area contributed by atoms with E-state index < -0.39 is 6.10 Å². The van der Waals surface area contributed by atoms with Crippen LogP contribution in [0, 0.1) is 0 Å². The molecule has 0 aliphatic carbocycles. The summed E-state index contributed by atoms with van der Waals surface area (Å²) in [5.41, 5.74) is 6.40. The van der Waals surface area contributed by atoms with Gasteiger partial charge in [-0.25, -0.2) is 4.79 Å². The minimum Gasteiger partial charge on any atom is -0.445 e. The van der Waals surface area contributed by atoms with E-state index in [2.05, 4.69) is 0 Å². The normalized spacial score (nSPS) is 20.3. The van der Waals surface area contributed by atoms with E-state index in [0.29, 0.717) is 6.54 Å². The third-order valence-corrected chi connectivity index (χ3v) is 3.42. The quantitative estimate of drug-likeness (QED) is 0.854. The lowest BCUT2D eigenvalue weighted by Gasteiger charge is -2.27. The minimum atomic E-state index is -0.674. The number of nitrogens with zero attached hydrogens (tertiary/aromatic N) is 1. The largest absolute Gasteiger partial charge is 0.445 e. The second-order valence-corrected chi connectivity index (χ2v) is 4.75. The molecule has 0 spiro atoms. The Balaban J connectivity index is 1.89. The molecule has 5 nitrogen and oxygen atoms in total. The number of benzene rings is 1. The first kappa shape index (κ1) is 13.8. The van der Waals surface area contributed by atoms with Crippen molar-refractivity contribution in [3.8, 4) is 0 Å². The maximum absolute atomic E-state index is 12.0. The highest BCUT2D eigenvalue weighted by Crippen LogP contribution is 2.21. The molecule has 2 atom stereocenters. The van der Waals surface area contributed by atoms with Gasteiger partial charge in [-0.1, -0.05) is 30.3 Å². The standard InChI is InChI=1S/C14H20N2O3/c15-9-13(17)12-7-4-8-16(12)14(18)19-10-11-5-2-1-3-6-11/h1-3,5-6,12-13,17H,4,7-10,15H2. The van der Waals surface area contributed by atoms with Gasteiger partial charge in [0.2, 0.25) is 0 Å². The van der Waals surface area contributed by atoms with Crippen molar-refractivity contribution in [2.45, 2.75) is 31.6 Å². The molecule has 2 rings (SSSR count). The predicted octanol–water partition coefficient (Wildman–Crippen LogP) is 1.11. The lowest BCUT2D eigenvalue weighted by molar-refractivity contribution is 0.0516.